The van der Waals surface area contributed by atoms with Gasteiger partial charge in [0.25, 0.3) is 5.92 Å². The molecule has 1 saturated heterocycles. The van der Waals surface area contributed by atoms with Gasteiger partial charge in [-0.15, -0.1) is 0 Å². The first-order valence-corrected chi connectivity index (χ1v) is 11.2. The molecule has 202 valence electrons. The van der Waals surface area contributed by atoms with Gasteiger partial charge in [-0.2, -0.15) is 0 Å². The summed E-state index contributed by atoms with van der Waals surface area (Å²) >= 11 is 6.21. The van der Waals surface area contributed by atoms with Crippen LogP contribution < -0.4 is 5.32 Å². The molecule has 4 rings (SSSR count). The number of carbonyl (C=O) groups excluding carboxylic acids is 1. The third kappa shape index (κ3) is 5.70. The molecule has 2 atom stereocenters. The van der Waals surface area contributed by atoms with E-state index in [2.05, 4.69) is 20.0 Å². The Bertz CT molecular complexity index is 1360. The number of nitrogens with one attached hydrogen (secondary N) is 1. The van der Waals surface area contributed by atoms with Crippen molar-refractivity contribution in [3.05, 3.63) is 75.7 Å². The molecule has 1 aromatic heterocycles. The Hall–Kier alpha value is -3.78. The molecule has 1 fully saturated rings. The predicted molar refractivity (Wildman–Crippen MR) is 121 cm³/mol. The van der Waals surface area contributed by atoms with E-state index in [9.17, 15) is 36.6 Å². The average molecular weight is 561 g/mol. The summed E-state index contributed by atoms with van der Waals surface area (Å²) < 4.78 is 80.0. The van der Waals surface area contributed by atoms with E-state index in [0.717, 1.165) is 24.1 Å². The molecule has 3 heterocycles. The van der Waals surface area contributed by atoms with E-state index in [1.54, 1.807) is 0 Å². The largest absolute Gasteiger partial charge is 0.513 e. The molecule has 15 heteroatoms. The average Bonchev–Trinajstić information content (AvgIpc) is 3.14. The Morgan fingerprint density at radius 3 is 2.61 bits per heavy atom. The maximum Gasteiger partial charge on any atom is 0.513 e. The molecule has 2 aliphatic rings. The monoisotopic (exact) mass is 560 g/mol. The summed E-state index contributed by atoms with van der Waals surface area (Å²) in [7, 11) is 0.993. The lowest BCUT2D eigenvalue weighted by Crippen LogP contribution is -2.43. The first-order valence-electron chi connectivity index (χ1n) is 10.8. The fraction of sp³-hybridized carbons (Fsp3) is 0.304. The fourth-order valence-corrected chi connectivity index (χ4v) is 4.37. The highest BCUT2D eigenvalue weighted by molar-refractivity contribution is 6.31. The predicted octanol–water partition coefficient (Wildman–Crippen LogP) is 4.03. The van der Waals surface area contributed by atoms with Crippen LogP contribution in [0.5, 0.6) is 0 Å². The minimum absolute atomic E-state index is 0.0486. The number of nitrogens with zero attached hydrogens (tertiary/aromatic N) is 3. The molecule has 0 spiro atoms. The summed E-state index contributed by atoms with van der Waals surface area (Å²) in [5, 5.41) is 11.9. The van der Waals surface area contributed by atoms with Gasteiger partial charge < -0.3 is 19.9 Å². The van der Waals surface area contributed by atoms with Crippen molar-refractivity contribution < 1.29 is 46.1 Å². The van der Waals surface area contributed by atoms with Gasteiger partial charge >= 0.3 is 12.1 Å². The van der Waals surface area contributed by atoms with Gasteiger partial charge in [0.1, 0.15) is 29.4 Å². The van der Waals surface area contributed by atoms with Crippen molar-refractivity contribution in [2.24, 2.45) is 4.99 Å². The smallest absolute Gasteiger partial charge is 0.480 e. The number of carbonyl (C=O) groups is 2. The highest BCUT2D eigenvalue weighted by atomic mass is 35.5. The standard InChI is InChI=1S/C23H18ClF5N4O5/c1-37-22(36)38-19-15(8-33-9-23(28,29)6-16(33)21(34)35)31-20(18-14(27)5-11(26)7-30-18)32-17(19)12-3-2-10(25)4-13(12)24/h2-5,7,16-17H,6,8-9H2,1H3,(H,31,32)(H,34,35)/t16-,17+/m0/s1. The third-order valence-corrected chi connectivity index (χ3v) is 6.06. The van der Waals surface area contributed by atoms with Gasteiger partial charge in [-0.25, -0.2) is 36.7 Å². The maximum atomic E-state index is 14.7. The number of amidine groups is 1. The van der Waals surface area contributed by atoms with Crippen molar-refractivity contribution in [3.8, 4) is 0 Å². The van der Waals surface area contributed by atoms with Crippen molar-refractivity contribution >= 4 is 29.6 Å². The van der Waals surface area contributed by atoms with Crippen LogP contribution in [0.1, 0.15) is 23.7 Å². The fourth-order valence-electron chi connectivity index (χ4n) is 4.10. The molecule has 1 aromatic carbocycles. The Morgan fingerprint density at radius 2 is 1.97 bits per heavy atom. The normalized spacial score (nSPS) is 21.1. The van der Waals surface area contributed by atoms with Gasteiger partial charge in [0.05, 0.1) is 25.5 Å². The van der Waals surface area contributed by atoms with E-state index in [0.29, 0.717) is 12.3 Å². The zero-order chi connectivity index (χ0) is 27.8. The van der Waals surface area contributed by atoms with Crippen LogP contribution in [0.4, 0.5) is 26.7 Å². The van der Waals surface area contributed by atoms with Gasteiger partial charge in [0.15, 0.2) is 17.4 Å². The number of carboxylic acid groups (broad SMARTS) is 1. The zero-order valence-electron chi connectivity index (χ0n) is 19.4. The minimum atomic E-state index is -3.34. The van der Waals surface area contributed by atoms with E-state index in [-0.39, 0.29) is 27.9 Å². The van der Waals surface area contributed by atoms with Crippen molar-refractivity contribution in [2.75, 3.05) is 20.2 Å². The molecule has 2 aromatic rings. The van der Waals surface area contributed by atoms with Crippen LogP contribution in [0, 0.1) is 17.5 Å². The van der Waals surface area contributed by atoms with Crippen LogP contribution in [0.25, 0.3) is 0 Å². The Kier molecular flexibility index (Phi) is 7.56. The zero-order valence-corrected chi connectivity index (χ0v) is 20.1. The number of ether oxygens (including phenoxy) is 2. The molecule has 0 radical (unpaired) electrons. The Balaban J connectivity index is 1.87. The molecule has 0 saturated carbocycles. The highest BCUT2D eigenvalue weighted by Crippen LogP contribution is 2.38. The third-order valence-electron chi connectivity index (χ3n) is 5.74. The second-order valence-corrected chi connectivity index (χ2v) is 8.78. The molecular weight excluding hydrogens is 543 g/mol. The number of alkyl halides is 2. The number of benzene rings is 1. The molecule has 2 N–H and O–H groups in total. The molecule has 38 heavy (non-hydrogen) atoms. The summed E-state index contributed by atoms with van der Waals surface area (Å²) in [6, 6.07) is 0.651. The van der Waals surface area contributed by atoms with E-state index < -0.39 is 72.8 Å². The number of halogens is 6. The van der Waals surface area contributed by atoms with Gasteiger partial charge in [-0.05, 0) is 12.1 Å². The van der Waals surface area contributed by atoms with Crippen LogP contribution in [0.15, 0.2) is 46.9 Å². The summed E-state index contributed by atoms with van der Waals surface area (Å²) in [6.07, 6.45) is -1.53. The van der Waals surface area contributed by atoms with E-state index in [1.807, 2.05) is 0 Å². The summed E-state index contributed by atoms with van der Waals surface area (Å²) in [5.74, 6) is -8.43. The molecule has 2 aliphatic heterocycles. The summed E-state index contributed by atoms with van der Waals surface area (Å²) in [4.78, 5) is 32.7. The number of hydrogen-bond acceptors (Lipinski definition) is 8. The van der Waals surface area contributed by atoms with Crippen LogP contribution >= 0.6 is 11.6 Å². The van der Waals surface area contributed by atoms with Crippen LogP contribution in [0.2, 0.25) is 5.02 Å². The maximum absolute atomic E-state index is 14.7. The van der Waals surface area contributed by atoms with E-state index in [1.165, 1.54) is 6.07 Å². The van der Waals surface area contributed by atoms with Gasteiger partial charge in [0, 0.05) is 29.6 Å². The molecule has 9 nitrogen and oxygen atoms in total. The first-order chi connectivity index (χ1) is 17.9. The first kappa shape index (κ1) is 27.3. The van der Waals surface area contributed by atoms with Crippen molar-refractivity contribution in [1.82, 2.24) is 15.2 Å². The molecule has 0 bridgehead atoms. The number of aliphatic carboxylic acids is 1. The van der Waals surface area contributed by atoms with Gasteiger partial charge in [0.2, 0.25) is 0 Å². The minimum Gasteiger partial charge on any atom is -0.480 e. The van der Waals surface area contributed by atoms with Crippen molar-refractivity contribution in [3.63, 3.8) is 0 Å². The van der Waals surface area contributed by atoms with Crippen LogP contribution in [-0.4, -0.2) is 65.1 Å². The number of aliphatic imine (C=N–C) groups is 1. The number of carboxylic acids is 1. The number of pyridine rings is 1. The highest BCUT2D eigenvalue weighted by Gasteiger charge is 2.49. The number of hydrogen-bond donors (Lipinski definition) is 2. The number of rotatable bonds is 6. The molecule has 0 amide bonds. The quantitative estimate of drug-likeness (QED) is 0.402. The van der Waals surface area contributed by atoms with E-state index in [4.69, 9.17) is 16.3 Å². The summed E-state index contributed by atoms with van der Waals surface area (Å²) in [5.41, 5.74) is -0.640. The molecule has 0 unspecified atom stereocenters. The number of methoxy groups -OCH3 is 1. The van der Waals surface area contributed by atoms with Crippen molar-refractivity contribution in [2.45, 2.75) is 24.4 Å². The lowest BCUT2D eigenvalue weighted by Gasteiger charge is -2.30. The SMILES string of the molecule is COC(=O)OC1=C(CN2CC(F)(F)C[C@H]2C(=O)O)NC(c2ncc(F)cc2F)=N[C@@H]1c1ccc(F)cc1Cl. The summed E-state index contributed by atoms with van der Waals surface area (Å²) in [6.45, 7) is -1.53. The van der Waals surface area contributed by atoms with Crippen LogP contribution in [-0.2, 0) is 14.3 Å². The second-order valence-electron chi connectivity index (χ2n) is 8.37. The Morgan fingerprint density at radius 1 is 1.24 bits per heavy atom. The topological polar surface area (TPSA) is 113 Å². The number of aromatic nitrogens is 1. The lowest BCUT2D eigenvalue weighted by molar-refractivity contribution is -0.142. The van der Waals surface area contributed by atoms with E-state index >= 15 is 0 Å². The molecule has 0 aliphatic carbocycles. The Labute approximate surface area is 216 Å². The lowest BCUT2D eigenvalue weighted by atomic mass is 10.0. The second kappa shape index (κ2) is 10.5. The van der Waals surface area contributed by atoms with Crippen LogP contribution in [0.3, 0.4) is 0 Å². The number of likely N-dealkylation sites (tertiary alicyclic amines) is 1. The van der Waals surface area contributed by atoms with Crippen molar-refractivity contribution in [1.29, 1.82) is 0 Å². The van der Waals surface area contributed by atoms with Gasteiger partial charge in [-0.3, -0.25) is 9.69 Å². The van der Waals surface area contributed by atoms with Gasteiger partial charge in [-0.1, -0.05) is 17.7 Å². The molecular formula is C23H18ClF5N4O5.